The van der Waals surface area contributed by atoms with Crippen LogP contribution in [-0.4, -0.2) is 25.1 Å². The first-order chi connectivity index (χ1) is 8.66. The van der Waals surface area contributed by atoms with Gasteiger partial charge in [0.15, 0.2) is 6.10 Å². The normalized spacial score (nSPS) is 21.5. The molecule has 0 saturated carbocycles. The van der Waals surface area contributed by atoms with E-state index in [1.54, 1.807) is 24.3 Å². The van der Waals surface area contributed by atoms with Crippen LogP contribution in [-0.2, 0) is 9.53 Å². The molecule has 5 heteroatoms. The molecular formula is C13H17ClN2O2. The predicted molar refractivity (Wildman–Crippen MR) is 70.4 cm³/mol. The second-order valence-electron chi connectivity index (χ2n) is 4.44. The van der Waals surface area contributed by atoms with Crippen molar-refractivity contribution in [2.75, 3.05) is 13.1 Å². The van der Waals surface area contributed by atoms with Gasteiger partial charge in [0.2, 0.25) is 0 Å². The number of amides is 1. The molecule has 1 amide bonds. The summed E-state index contributed by atoms with van der Waals surface area (Å²) in [6.45, 7) is 1.75. The van der Waals surface area contributed by atoms with Gasteiger partial charge in [-0.25, -0.2) is 0 Å². The van der Waals surface area contributed by atoms with Crippen LogP contribution in [0.1, 0.15) is 24.5 Å². The highest BCUT2D eigenvalue weighted by Gasteiger charge is 2.24. The van der Waals surface area contributed by atoms with Crippen LogP contribution in [0.2, 0.25) is 5.02 Å². The minimum Gasteiger partial charge on any atom is -0.367 e. The number of primary amides is 1. The molecule has 1 aromatic rings. The number of hydrogen-bond acceptors (Lipinski definition) is 3. The number of piperidine rings is 1. The summed E-state index contributed by atoms with van der Waals surface area (Å²) < 4.78 is 5.80. The van der Waals surface area contributed by atoms with E-state index in [0.29, 0.717) is 10.6 Å². The molecule has 0 radical (unpaired) electrons. The van der Waals surface area contributed by atoms with Gasteiger partial charge >= 0.3 is 0 Å². The van der Waals surface area contributed by atoms with Gasteiger partial charge in [-0.3, -0.25) is 4.79 Å². The zero-order valence-corrected chi connectivity index (χ0v) is 10.8. The number of halogens is 1. The average molecular weight is 269 g/mol. The fraction of sp³-hybridized carbons (Fsp3) is 0.462. The average Bonchev–Trinajstić information content (AvgIpc) is 2.37. The van der Waals surface area contributed by atoms with Crippen molar-refractivity contribution < 1.29 is 9.53 Å². The topological polar surface area (TPSA) is 64.4 Å². The second-order valence-corrected chi connectivity index (χ2v) is 4.88. The molecule has 4 nitrogen and oxygen atoms in total. The lowest BCUT2D eigenvalue weighted by Crippen LogP contribution is -2.38. The number of hydrogen-bond donors (Lipinski definition) is 2. The van der Waals surface area contributed by atoms with E-state index < -0.39 is 12.0 Å². The molecule has 18 heavy (non-hydrogen) atoms. The third-order valence-corrected chi connectivity index (χ3v) is 3.23. The SMILES string of the molecule is NC(=O)[C@@H](O[C@H]1CCCNC1)c1cccc(Cl)c1. The molecule has 3 N–H and O–H groups in total. The molecule has 1 saturated heterocycles. The number of nitrogens with two attached hydrogens (primary N) is 1. The molecule has 2 atom stereocenters. The monoisotopic (exact) mass is 268 g/mol. The summed E-state index contributed by atoms with van der Waals surface area (Å²) in [5, 5.41) is 3.81. The zero-order chi connectivity index (χ0) is 13.0. The van der Waals surface area contributed by atoms with Gasteiger partial charge in [-0.05, 0) is 37.1 Å². The van der Waals surface area contributed by atoms with Crippen molar-refractivity contribution in [3.63, 3.8) is 0 Å². The Morgan fingerprint density at radius 1 is 1.56 bits per heavy atom. The second kappa shape index (κ2) is 6.18. The fourth-order valence-corrected chi connectivity index (χ4v) is 2.31. The molecule has 0 spiro atoms. The number of carbonyl (C=O) groups is 1. The molecule has 0 bridgehead atoms. The van der Waals surface area contributed by atoms with Crippen LogP contribution in [0.5, 0.6) is 0 Å². The highest BCUT2D eigenvalue weighted by Crippen LogP contribution is 2.23. The number of carbonyl (C=O) groups excluding carboxylic acids is 1. The lowest BCUT2D eigenvalue weighted by Gasteiger charge is -2.27. The zero-order valence-electron chi connectivity index (χ0n) is 10.1. The van der Waals surface area contributed by atoms with Crippen molar-refractivity contribution in [2.24, 2.45) is 5.73 Å². The first kappa shape index (κ1) is 13.3. The Morgan fingerprint density at radius 3 is 3.00 bits per heavy atom. The lowest BCUT2D eigenvalue weighted by molar-refractivity contribution is -0.134. The van der Waals surface area contributed by atoms with E-state index in [2.05, 4.69) is 5.32 Å². The van der Waals surface area contributed by atoms with Crippen molar-refractivity contribution in [2.45, 2.75) is 25.0 Å². The van der Waals surface area contributed by atoms with Crippen LogP contribution < -0.4 is 11.1 Å². The summed E-state index contributed by atoms with van der Waals surface area (Å²) >= 11 is 5.92. The quantitative estimate of drug-likeness (QED) is 0.872. The van der Waals surface area contributed by atoms with E-state index in [0.717, 1.165) is 25.9 Å². The Labute approximate surface area is 111 Å². The van der Waals surface area contributed by atoms with Crippen molar-refractivity contribution in [1.82, 2.24) is 5.32 Å². The van der Waals surface area contributed by atoms with E-state index in [1.807, 2.05) is 0 Å². The number of rotatable bonds is 4. The minimum absolute atomic E-state index is 0.0234. The van der Waals surface area contributed by atoms with E-state index >= 15 is 0 Å². The molecule has 0 unspecified atom stereocenters. The Bertz CT molecular complexity index is 419. The minimum atomic E-state index is -0.728. The van der Waals surface area contributed by atoms with Crippen LogP contribution in [0.4, 0.5) is 0 Å². The smallest absolute Gasteiger partial charge is 0.251 e. The third-order valence-electron chi connectivity index (χ3n) is 2.99. The molecule has 1 aliphatic rings. The summed E-state index contributed by atoms with van der Waals surface area (Å²) in [4.78, 5) is 11.5. The van der Waals surface area contributed by atoms with Crippen LogP contribution in [0.3, 0.4) is 0 Å². The van der Waals surface area contributed by atoms with E-state index in [4.69, 9.17) is 22.1 Å². The molecular weight excluding hydrogens is 252 g/mol. The summed E-state index contributed by atoms with van der Waals surface area (Å²) in [5.74, 6) is -0.483. The maximum absolute atomic E-state index is 11.5. The van der Waals surface area contributed by atoms with Crippen molar-refractivity contribution in [1.29, 1.82) is 0 Å². The van der Waals surface area contributed by atoms with Crippen molar-refractivity contribution in [3.8, 4) is 0 Å². The molecule has 1 aliphatic heterocycles. The largest absolute Gasteiger partial charge is 0.367 e. The van der Waals surface area contributed by atoms with Crippen LogP contribution in [0.25, 0.3) is 0 Å². The number of ether oxygens (including phenoxy) is 1. The molecule has 1 aromatic carbocycles. The van der Waals surface area contributed by atoms with Gasteiger partial charge in [-0.1, -0.05) is 23.7 Å². The van der Waals surface area contributed by atoms with E-state index in [1.165, 1.54) is 0 Å². The van der Waals surface area contributed by atoms with Gasteiger partial charge in [0.05, 0.1) is 6.10 Å². The first-order valence-corrected chi connectivity index (χ1v) is 6.45. The molecule has 2 rings (SSSR count). The molecule has 1 heterocycles. The van der Waals surface area contributed by atoms with Gasteiger partial charge in [-0.15, -0.1) is 0 Å². The Hall–Kier alpha value is -1.10. The summed E-state index contributed by atoms with van der Waals surface area (Å²) in [6, 6.07) is 7.06. The number of benzene rings is 1. The standard InChI is InChI=1S/C13H17ClN2O2/c14-10-4-1-3-9(7-10)12(13(15)17)18-11-5-2-6-16-8-11/h1,3-4,7,11-12,16H,2,5-6,8H2,(H2,15,17)/t11-,12-/m0/s1. The summed E-state index contributed by atoms with van der Waals surface area (Å²) in [5.41, 5.74) is 6.12. The molecule has 0 aliphatic carbocycles. The highest BCUT2D eigenvalue weighted by atomic mass is 35.5. The first-order valence-electron chi connectivity index (χ1n) is 6.08. The van der Waals surface area contributed by atoms with Gasteiger partial charge in [0.1, 0.15) is 0 Å². The van der Waals surface area contributed by atoms with Crippen molar-refractivity contribution >= 4 is 17.5 Å². The van der Waals surface area contributed by atoms with Gasteiger partial charge < -0.3 is 15.8 Å². The van der Waals surface area contributed by atoms with E-state index in [-0.39, 0.29) is 6.10 Å². The Kier molecular flexibility index (Phi) is 4.58. The van der Waals surface area contributed by atoms with Gasteiger partial charge in [-0.2, -0.15) is 0 Å². The number of nitrogens with one attached hydrogen (secondary N) is 1. The van der Waals surface area contributed by atoms with Crippen LogP contribution in [0, 0.1) is 0 Å². The fourth-order valence-electron chi connectivity index (χ4n) is 2.11. The third kappa shape index (κ3) is 3.45. The highest BCUT2D eigenvalue weighted by molar-refractivity contribution is 6.30. The molecule has 1 fully saturated rings. The summed E-state index contributed by atoms with van der Waals surface area (Å²) in [7, 11) is 0. The molecule has 98 valence electrons. The van der Waals surface area contributed by atoms with Crippen LogP contribution >= 0.6 is 11.6 Å². The maximum Gasteiger partial charge on any atom is 0.251 e. The van der Waals surface area contributed by atoms with Gasteiger partial charge in [0.25, 0.3) is 5.91 Å². The van der Waals surface area contributed by atoms with Crippen molar-refractivity contribution in [3.05, 3.63) is 34.9 Å². The van der Waals surface area contributed by atoms with E-state index in [9.17, 15) is 4.79 Å². The predicted octanol–water partition coefficient (Wildman–Crippen LogP) is 1.64. The van der Waals surface area contributed by atoms with Gasteiger partial charge in [0, 0.05) is 11.6 Å². The summed E-state index contributed by atoms with van der Waals surface area (Å²) in [6.07, 6.45) is 1.28. The lowest BCUT2D eigenvalue weighted by atomic mass is 10.1. The molecule has 0 aromatic heterocycles. The van der Waals surface area contributed by atoms with Crippen LogP contribution in [0.15, 0.2) is 24.3 Å². The maximum atomic E-state index is 11.5. The Balaban J connectivity index is 2.10. The Morgan fingerprint density at radius 2 is 2.39 bits per heavy atom.